The van der Waals surface area contributed by atoms with Crippen LogP contribution in [0.15, 0.2) is 42.5 Å². The molecule has 3 N–H and O–H groups in total. The van der Waals surface area contributed by atoms with Crippen molar-refractivity contribution in [3.63, 3.8) is 0 Å². The minimum Gasteiger partial charge on any atom is -0.483 e. The number of ether oxygens (including phenoxy) is 1. The van der Waals surface area contributed by atoms with Crippen molar-refractivity contribution in [2.75, 3.05) is 26.2 Å². The molecular formula is C28H36FN3O3. The largest absolute Gasteiger partial charge is 0.483 e. The Labute approximate surface area is 207 Å². The van der Waals surface area contributed by atoms with Gasteiger partial charge in [-0.05, 0) is 66.1 Å². The molecule has 0 aliphatic carbocycles. The number of rotatable bonds is 6. The molecule has 1 spiro atoms. The first-order valence-electron chi connectivity index (χ1n) is 12.3. The van der Waals surface area contributed by atoms with Crippen LogP contribution < -0.4 is 15.8 Å². The average molecular weight is 482 g/mol. The summed E-state index contributed by atoms with van der Waals surface area (Å²) in [6.45, 7) is 9.14. The standard InChI is InChI=1S/C28H36FN3O3/c1-27(2,3)21-8-7-20(24(14-21)35-18-25(30)33)17-32-11-9-28(10-12-32)15-26(34)31-16-23(28)19-5-4-6-22(29)13-19/h4-8,13-14,23H,9-12,15-18H2,1-3H3,(H2,30,33)(H,31,34)/t23-/m0/s1. The summed E-state index contributed by atoms with van der Waals surface area (Å²) >= 11 is 0. The van der Waals surface area contributed by atoms with Crippen LogP contribution in [-0.4, -0.2) is 43.0 Å². The first kappa shape index (κ1) is 25.2. The second-order valence-corrected chi connectivity index (χ2v) is 11.1. The average Bonchev–Trinajstić information content (AvgIpc) is 2.79. The van der Waals surface area contributed by atoms with Gasteiger partial charge in [0.1, 0.15) is 11.6 Å². The van der Waals surface area contributed by atoms with Crippen LogP contribution in [-0.2, 0) is 21.5 Å². The van der Waals surface area contributed by atoms with Gasteiger partial charge in [-0.2, -0.15) is 0 Å². The fraction of sp³-hybridized carbons (Fsp3) is 0.500. The van der Waals surface area contributed by atoms with Crippen LogP contribution in [0.25, 0.3) is 0 Å². The summed E-state index contributed by atoms with van der Waals surface area (Å²) in [5, 5.41) is 2.99. The van der Waals surface area contributed by atoms with E-state index in [1.54, 1.807) is 12.1 Å². The van der Waals surface area contributed by atoms with E-state index < -0.39 is 5.91 Å². The number of primary amides is 1. The number of nitrogens with two attached hydrogens (primary N) is 1. The minimum atomic E-state index is -0.504. The molecule has 7 heteroatoms. The van der Waals surface area contributed by atoms with Gasteiger partial charge in [0.2, 0.25) is 5.91 Å². The summed E-state index contributed by atoms with van der Waals surface area (Å²) in [6.07, 6.45) is 2.19. The predicted molar refractivity (Wildman–Crippen MR) is 134 cm³/mol. The van der Waals surface area contributed by atoms with Gasteiger partial charge in [0.15, 0.2) is 6.61 Å². The fourth-order valence-corrected chi connectivity index (χ4v) is 5.49. The molecule has 2 saturated heterocycles. The van der Waals surface area contributed by atoms with E-state index in [1.807, 2.05) is 12.1 Å². The molecule has 35 heavy (non-hydrogen) atoms. The monoisotopic (exact) mass is 481 g/mol. The van der Waals surface area contributed by atoms with Crippen LogP contribution in [0.5, 0.6) is 5.75 Å². The Hall–Kier alpha value is -2.93. The number of benzene rings is 2. The number of amides is 2. The number of nitrogens with one attached hydrogen (secondary N) is 1. The lowest BCUT2D eigenvalue weighted by atomic mass is 9.62. The van der Waals surface area contributed by atoms with E-state index in [4.69, 9.17) is 10.5 Å². The van der Waals surface area contributed by atoms with Crippen molar-refractivity contribution in [2.45, 2.75) is 57.9 Å². The summed E-state index contributed by atoms with van der Waals surface area (Å²) in [4.78, 5) is 26.1. The van der Waals surface area contributed by atoms with Crippen molar-refractivity contribution < 1.29 is 18.7 Å². The molecule has 0 bridgehead atoms. The summed E-state index contributed by atoms with van der Waals surface area (Å²) in [5.41, 5.74) is 8.21. The number of halogens is 1. The van der Waals surface area contributed by atoms with Gasteiger partial charge in [-0.3, -0.25) is 14.5 Å². The van der Waals surface area contributed by atoms with Gasteiger partial charge in [0.25, 0.3) is 5.91 Å². The zero-order valence-corrected chi connectivity index (χ0v) is 20.9. The SMILES string of the molecule is CC(C)(C)c1ccc(CN2CCC3(CC2)CC(=O)NC[C@H]3c2cccc(F)c2)c(OCC(N)=O)c1. The number of hydrogen-bond donors (Lipinski definition) is 2. The predicted octanol–water partition coefficient (Wildman–Crippen LogP) is 3.87. The van der Waals surface area contributed by atoms with Crippen molar-refractivity contribution in [3.05, 3.63) is 65.0 Å². The van der Waals surface area contributed by atoms with E-state index in [2.05, 4.69) is 43.1 Å². The van der Waals surface area contributed by atoms with Crippen molar-refractivity contribution >= 4 is 11.8 Å². The molecule has 0 saturated carbocycles. The smallest absolute Gasteiger partial charge is 0.255 e. The Morgan fingerprint density at radius 3 is 2.60 bits per heavy atom. The molecular weight excluding hydrogens is 445 g/mol. The minimum absolute atomic E-state index is 0.0473. The van der Waals surface area contributed by atoms with Crippen LogP contribution in [0.2, 0.25) is 0 Å². The Kier molecular flexibility index (Phi) is 7.17. The molecule has 1 atom stereocenters. The highest BCUT2D eigenvalue weighted by Crippen LogP contribution is 2.49. The third-order valence-corrected chi connectivity index (χ3v) is 7.56. The van der Waals surface area contributed by atoms with E-state index in [0.717, 1.165) is 42.6 Å². The number of hydrogen-bond acceptors (Lipinski definition) is 4. The molecule has 2 fully saturated rings. The molecule has 2 aliphatic rings. The van der Waals surface area contributed by atoms with Crippen LogP contribution in [0.4, 0.5) is 4.39 Å². The highest BCUT2D eigenvalue weighted by atomic mass is 19.1. The molecule has 6 nitrogen and oxygen atoms in total. The Morgan fingerprint density at radius 1 is 1.20 bits per heavy atom. The number of piperidine rings is 2. The van der Waals surface area contributed by atoms with Crippen LogP contribution in [0, 0.1) is 11.2 Å². The number of carbonyl (C=O) groups excluding carboxylic acids is 2. The molecule has 2 aromatic rings. The van der Waals surface area contributed by atoms with Gasteiger partial charge in [-0.1, -0.05) is 45.0 Å². The summed E-state index contributed by atoms with van der Waals surface area (Å²) in [6, 6.07) is 13.0. The molecule has 4 rings (SSSR count). The molecule has 2 amide bonds. The molecule has 188 valence electrons. The Balaban J connectivity index is 1.51. The van der Waals surface area contributed by atoms with Gasteiger partial charge in [0, 0.05) is 31.0 Å². The normalized spacial score (nSPS) is 20.5. The van der Waals surface area contributed by atoms with E-state index in [0.29, 0.717) is 25.3 Å². The lowest BCUT2D eigenvalue weighted by Crippen LogP contribution is -2.51. The zero-order chi connectivity index (χ0) is 25.2. The number of likely N-dealkylation sites (tertiary alicyclic amines) is 1. The topological polar surface area (TPSA) is 84.7 Å². The van der Waals surface area contributed by atoms with Crippen molar-refractivity contribution in [2.24, 2.45) is 11.1 Å². The first-order valence-corrected chi connectivity index (χ1v) is 12.3. The third kappa shape index (κ3) is 5.84. The van der Waals surface area contributed by atoms with Crippen molar-refractivity contribution in [1.82, 2.24) is 10.2 Å². The molecule has 2 aromatic carbocycles. The summed E-state index contributed by atoms with van der Waals surface area (Å²) in [7, 11) is 0. The fourth-order valence-electron chi connectivity index (χ4n) is 5.49. The number of carbonyl (C=O) groups is 2. The molecule has 2 heterocycles. The maximum atomic E-state index is 14.0. The van der Waals surface area contributed by atoms with Crippen LogP contribution >= 0.6 is 0 Å². The highest BCUT2D eigenvalue weighted by Gasteiger charge is 2.46. The molecule has 0 unspecified atom stereocenters. The van der Waals surface area contributed by atoms with Crippen molar-refractivity contribution in [3.8, 4) is 5.75 Å². The van der Waals surface area contributed by atoms with Crippen LogP contribution in [0.3, 0.4) is 0 Å². The summed E-state index contributed by atoms with van der Waals surface area (Å²) in [5.74, 6) is 0.112. The van der Waals surface area contributed by atoms with E-state index in [9.17, 15) is 14.0 Å². The second-order valence-electron chi connectivity index (χ2n) is 11.1. The quantitative estimate of drug-likeness (QED) is 0.656. The van der Waals surface area contributed by atoms with Gasteiger partial charge < -0.3 is 15.8 Å². The van der Waals surface area contributed by atoms with Gasteiger partial charge in [-0.25, -0.2) is 4.39 Å². The zero-order valence-electron chi connectivity index (χ0n) is 20.9. The second kappa shape index (κ2) is 9.97. The Bertz CT molecular complexity index is 1090. The molecule has 0 radical (unpaired) electrons. The van der Waals surface area contributed by atoms with Gasteiger partial charge in [0.05, 0.1) is 0 Å². The highest BCUT2D eigenvalue weighted by molar-refractivity contribution is 5.78. The first-order chi connectivity index (χ1) is 16.6. The van der Waals surface area contributed by atoms with E-state index >= 15 is 0 Å². The third-order valence-electron chi connectivity index (χ3n) is 7.56. The lowest BCUT2D eigenvalue weighted by molar-refractivity contribution is -0.128. The maximum Gasteiger partial charge on any atom is 0.255 e. The van der Waals surface area contributed by atoms with E-state index in [-0.39, 0.29) is 35.1 Å². The maximum absolute atomic E-state index is 14.0. The van der Waals surface area contributed by atoms with Gasteiger partial charge in [-0.15, -0.1) is 0 Å². The number of nitrogens with zero attached hydrogens (tertiary/aromatic N) is 1. The lowest BCUT2D eigenvalue weighted by Gasteiger charge is -2.49. The van der Waals surface area contributed by atoms with Crippen LogP contribution in [0.1, 0.15) is 62.6 Å². The van der Waals surface area contributed by atoms with Gasteiger partial charge >= 0.3 is 0 Å². The van der Waals surface area contributed by atoms with Crippen molar-refractivity contribution in [1.29, 1.82) is 0 Å². The molecule has 0 aromatic heterocycles. The Morgan fingerprint density at radius 2 is 1.94 bits per heavy atom. The summed E-state index contributed by atoms with van der Waals surface area (Å²) < 4.78 is 19.8. The molecule has 2 aliphatic heterocycles. The van der Waals surface area contributed by atoms with E-state index in [1.165, 1.54) is 6.07 Å².